The van der Waals surface area contributed by atoms with Crippen LogP contribution in [0.15, 0.2) is 0 Å². The molecule has 0 bridgehead atoms. The zero-order valence-electron chi connectivity index (χ0n) is 9.56. The second-order valence-electron chi connectivity index (χ2n) is 0.806. The predicted octanol–water partition coefficient (Wildman–Crippen LogP) is 3.05. The van der Waals surface area contributed by atoms with Gasteiger partial charge in [0.25, 0.3) is 0 Å². The molecule has 13 heavy (non-hydrogen) atoms. The summed E-state index contributed by atoms with van der Waals surface area (Å²) in [5, 5.41) is 2.39. The van der Waals surface area contributed by atoms with E-state index in [0.29, 0.717) is 0 Å². The minimum atomic E-state index is 0. The van der Waals surface area contributed by atoms with E-state index in [9.17, 15) is 4.79 Å². The summed E-state index contributed by atoms with van der Waals surface area (Å²) in [6, 6.07) is 0. The van der Waals surface area contributed by atoms with Gasteiger partial charge in [-0.2, -0.15) is 0 Å². The first-order valence-electron chi connectivity index (χ1n) is 3.45. The molecule has 87 valence electrons. The molecule has 4 N–H and O–H groups in total. The van der Waals surface area contributed by atoms with Crippen LogP contribution < -0.4 is 11.5 Å². The van der Waals surface area contributed by atoms with Crippen LogP contribution in [0.3, 0.4) is 0 Å². The van der Waals surface area contributed by atoms with Gasteiger partial charge in [-0.25, -0.2) is 0 Å². The van der Waals surface area contributed by atoms with Crippen molar-refractivity contribution in [2.24, 2.45) is 0 Å². The van der Waals surface area contributed by atoms with Crippen molar-refractivity contribution < 1.29 is 23.4 Å². The zero-order valence-corrected chi connectivity index (χ0v) is 11.0. The Labute approximate surface area is 97.5 Å². The van der Waals surface area contributed by atoms with Gasteiger partial charge < -0.3 is 18.9 Å². The monoisotopic (exact) mass is 232 g/mol. The van der Waals surface area contributed by atoms with Crippen molar-refractivity contribution >= 4 is 5.91 Å². The number of hydrogen-bond donors (Lipinski definition) is 2. The van der Waals surface area contributed by atoms with Gasteiger partial charge in [-0.05, 0) is 0 Å². The van der Waals surface area contributed by atoms with E-state index in [-0.39, 0.29) is 45.5 Å². The van der Waals surface area contributed by atoms with Crippen LogP contribution in [0.25, 0.3) is 0 Å². The fourth-order valence-corrected chi connectivity index (χ4v) is 0. The van der Waals surface area contributed by atoms with Crippen LogP contribution in [0, 0.1) is 7.43 Å². The Hall–Kier alpha value is 0.0144. The third kappa shape index (κ3) is 297. The molecule has 0 spiro atoms. The van der Waals surface area contributed by atoms with Gasteiger partial charge >= 0.3 is 0 Å². The molecule has 0 saturated carbocycles. The number of rotatable bonds is 0. The summed E-state index contributed by atoms with van der Waals surface area (Å²) in [5.41, 5.74) is 0. The third-order valence-corrected chi connectivity index (χ3v) is 0.352. The van der Waals surface area contributed by atoms with E-state index in [0.717, 1.165) is 0 Å². The van der Waals surface area contributed by atoms with E-state index >= 15 is 0 Å². The minimum Gasteiger partial charge on any atom is -0.359 e. The molecule has 0 saturated heterocycles. The second kappa shape index (κ2) is 90.4. The summed E-state index contributed by atoms with van der Waals surface area (Å²) in [5.74, 6) is 0.00463. The summed E-state index contributed by atoms with van der Waals surface area (Å²) in [6.45, 7) is 9.47. The molecule has 0 aliphatic carbocycles. The molecule has 0 unspecified atom stereocenters. The van der Waals surface area contributed by atoms with E-state index in [1.54, 1.807) is 7.05 Å². The van der Waals surface area contributed by atoms with Crippen LogP contribution in [-0.2, 0) is 23.4 Å². The molecular formula is C9H29N2OV-. The van der Waals surface area contributed by atoms with Crippen LogP contribution in [0.4, 0.5) is 0 Å². The molecule has 1 amide bonds. The summed E-state index contributed by atoms with van der Waals surface area (Å²) in [6.07, 6.45) is 0. The zero-order chi connectivity index (χ0) is 8.28. The molecule has 0 rings (SSSR count). The average Bonchev–Trinajstić information content (AvgIpc) is 1.97. The summed E-state index contributed by atoms with van der Waals surface area (Å²) < 4.78 is 0. The Bertz CT molecular complexity index is 52.9. The Kier molecular flexibility index (Phi) is 361. The number of hydrogen-bond acceptors (Lipinski definition) is 2. The molecule has 0 aliphatic rings. The summed E-state index contributed by atoms with van der Waals surface area (Å²) in [7, 11) is 1.60. The number of carbonyl (C=O) groups excluding carboxylic acids is 1. The molecule has 0 aliphatic heterocycles. The van der Waals surface area contributed by atoms with E-state index < -0.39 is 0 Å². The smallest absolute Gasteiger partial charge is 0.216 e. The summed E-state index contributed by atoms with van der Waals surface area (Å²) >= 11 is 0. The van der Waals surface area contributed by atoms with Crippen LogP contribution in [0.2, 0.25) is 0 Å². The molecule has 1 radical (unpaired) electrons. The van der Waals surface area contributed by atoms with Crippen LogP contribution >= 0.6 is 0 Å². The fourth-order valence-electron chi connectivity index (χ4n) is 0. The molecule has 0 aromatic rings. The van der Waals surface area contributed by atoms with Crippen LogP contribution in [0.5, 0.6) is 0 Å². The first-order chi connectivity index (χ1) is 4.27. The summed E-state index contributed by atoms with van der Waals surface area (Å²) in [4.78, 5) is 9.70. The maximum atomic E-state index is 9.70. The van der Waals surface area contributed by atoms with Crippen molar-refractivity contribution in [1.82, 2.24) is 11.5 Å². The number of amides is 1. The van der Waals surface area contributed by atoms with Crippen molar-refractivity contribution in [1.29, 1.82) is 0 Å². The number of nitrogens with one attached hydrogen (secondary N) is 1. The van der Waals surface area contributed by atoms with Crippen molar-refractivity contribution in [3.63, 3.8) is 0 Å². The number of carbonyl (C=O) groups is 1. The van der Waals surface area contributed by atoms with Crippen molar-refractivity contribution in [2.75, 3.05) is 7.05 Å². The Morgan fingerprint density at radius 1 is 1.08 bits per heavy atom. The molecule has 3 nitrogen and oxygen atoms in total. The van der Waals surface area contributed by atoms with Crippen molar-refractivity contribution in [3.05, 3.63) is 7.43 Å². The Morgan fingerprint density at radius 2 is 1.15 bits per heavy atom. The molecule has 0 aromatic carbocycles. The topological polar surface area (TPSA) is 64.1 Å². The van der Waals surface area contributed by atoms with Crippen molar-refractivity contribution in [3.8, 4) is 0 Å². The van der Waals surface area contributed by atoms with E-state index in [1.807, 2.05) is 27.7 Å². The average molecular weight is 232 g/mol. The SMILES string of the molecule is C.CC.CC.CNC(C)=O.N.[CH3-].[V]. The van der Waals surface area contributed by atoms with Gasteiger partial charge in [0.1, 0.15) is 0 Å². The maximum Gasteiger partial charge on any atom is 0.216 e. The van der Waals surface area contributed by atoms with Gasteiger partial charge in [-0.15, -0.1) is 0 Å². The molecule has 0 heterocycles. The van der Waals surface area contributed by atoms with E-state index in [1.165, 1.54) is 6.92 Å². The Morgan fingerprint density at radius 3 is 1.15 bits per heavy atom. The molecule has 0 fully saturated rings. The van der Waals surface area contributed by atoms with E-state index in [4.69, 9.17) is 0 Å². The molecular weight excluding hydrogens is 203 g/mol. The first-order valence-corrected chi connectivity index (χ1v) is 3.45. The third-order valence-electron chi connectivity index (χ3n) is 0.352. The largest absolute Gasteiger partial charge is 0.359 e. The Balaban J connectivity index is -0.00000000818. The quantitative estimate of drug-likeness (QED) is 0.630. The predicted molar refractivity (Wildman–Crippen MR) is 60.6 cm³/mol. The normalized spacial score (nSPS) is 3.54. The van der Waals surface area contributed by atoms with Gasteiger partial charge in [0.05, 0.1) is 0 Å². The van der Waals surface area contributed by atoms with Gasteiger partial charge in [-0.1, -0.05) is 35.1 Å². The molecule has 0 atom stereocenters. The van der Waals surface area contributed by atoms with Gasteiger partial charge in [0, 0.05) is 32.5 Å². The second-order valence-corrected chi connectivity index (χ2v) is 0.806. The van der Waals surface area contributed by atoms with Crippen molar-refractivity contribution in [2.45, 2.75) is 42.0 Å². The fraction of sp³-hybridized carbons (Fsp3) is 0.778. The standard InChI is InChI=1S/C3H7NO.2C2H6.CH4.CH3.H3N.V/c1-3(5)4-2;2*1-2;;;;/h1-2H3,(H,4,5);2*1-2H3;1H4;2*1H3;/q;;;;-1;;. The maximum absolute atomic E-state index is 9.70. The van der Waals surface area contributed by atoms with Gasteiger partial charge in [-0.3, -0.25) is 4.79 Å². The minimum absolute atomic E-state index is 0. The van der Waals surface area contributed by atoms with Gasteiger partial charge in [0.15, 0.2) is 0 Å². The molecule has 4 heteroatoms. The molecule has 0 aromatic heterocycles. The van der Waals surface area contributed by atoms with Crippen LogP contribution in [-0.4, -0.2) is 13.0 Å². The van der Waals surface area contributed by atoms with Gasteiger partial charge in [0.2, 0.25) is 5.91 Å². The van der Waals surface area contributed by atoms with E-state index in [2.05, 4.69) is 5.32 Å². The first kappa shape index (κ1) is 51.9. The van der Waals surface area contributed by atoms with Crippen LogP contribution in [0.1, 0.15) is 42.0 Å².